The van der Waals surface area contributed by atoms with Crippen LogP contribution in [-0.4, -0.2) is 36.1 Å². The first-order valence-corrected chi connectivity index (χ1v) is 6.83. The summed E-state index contributed by atoms with van der Waals surface area (Å²) in [5.74, 6) is 0. The summed E-state index contributed by atoms with van der Waals surface area (Å²) >= 11 is 0. The number of hydrogen-bond donors (Lipinski definition) is 2. The smallest absolute Gasteiger partial charge is 0.0953 e. The van der Waals surface area contributed by atoms with E-state index in [4.69, 9.17) is 5.73 Å². The van der Waals surface area contributed by atoms with Gasteiger partial charge in [-0.3, -0.25) is 4.98 Å². The molecule has 4 nitrogen and oxygen atoms in total. The van der Waals surface area contributed by atoms with Crippen molar-refractivity contribution in [2.24, 2.45) is 0 Å². The Labute approximate surface area is 113 Å². The minimum atomic E-state index is 0.781. The van der Waals surface area contributed by atoms with Crippen molar-refractivity contribution >= 4 is 22.3 Å². The second-order valence-electron chi connectivity index (χ2n) is 5.24. The van der Waals surface area contributed by atoms with Crippen LogP contribution in [0.1, 0.15) is 12.8 Å². The Morgan fingerprint density at radius 3 is 3.00 bits per heavy atom. The van der Waals surface area contributed by atoms with Gasteiger partial charge in [-0.1, -0.05) is 0 Å². The number of hydrogen-bond acceptors (Lipinski definition) is 4. The van der Waals surface area contributed by atoms with Crippen LogP contribution >= 0.6 is 0 Å². The van der Waals surface area contributed by atoms with Gasteiger partial charge in [0.15, 0.2) is 0 Å². The van der Waals surface area contributed by atoms with Crippen molar-refractivity contribution in [3.63, 3.8) is 0 Å². The number of likely N-dealkylation sites (N-methyl/N-ethyl adjacent to an activating group) is 1. The van der Waals surface area contributed by atoms with E-state index in [0.717, 1.165) is 41.4 Å². The van der Waals surface area contributed by atoms with Crippen molar-refractivity contribution in [1.82, 2.24) is 9.88 Å². The Morgan fingerprint density at radius 1 is 1.37 bits per heavy atom. The summed E-state index contributed by atoms with van der Waals surface area (Å²) in [7, 11) is 2.19. The molecule has 0 radical (unpaired) electrons. The number of aromatic nitrogens is 1. The number of fused-ring (bicyclic) bond motifs is 1. The van der Waals surface area contributed by atoms with Gasteiger partial charge >= 0.3 is 0 Å². The van der Waals surface area contributed by atoms with Crippen LogP contribution in [0.25, 0.3) is 10.9 Å². The first-order chi connectivity index (χ1) is 9.25. The van der Waals surface area contributed by atoms with E-state index in [2.05, 4.69) is 22.2 Å². The van der Waals surface area contributed by atoms with Crippen molar-refractivity contribution in [3.05, 3.63) is 30.5 Å². The number of rotatable bonds is 5. The molecule has 19 heavy (non-hydrogen) atoms. The number of anilines is 2. The topological polar surface area (TPSA) is 54.2 Å². The highest BCUT2D eigenvalue weighted by atomic mass is 15.2. The number of nitrogen functional groups attached to an aromatic ring is 1. The van der Waals surface area contributed by atoms with E-state index >= 15 is 0 Å². The van der Waals surface area contributed by atoms with E-state index in [0.29, 0.717) is 0 Å². The SMILES string of the molecule is CN(CCNc1ccc(N)c2cccnc12)C1CC1. The van der Waals surface area contributed by atoms with E-state index in [-0.39, 0.29) is 0 Å². The highest BCUT2D eigenvalue weighted by Gasteiger charge is 2.25. The predicted octanol–water partition coefficient (Wildman–Crippen LogP) is 2.32. The second kappa shape index (κ2) is 5.05. The van der Waals surface area contributed by atoms with Crippen molar-refractivity contribution in [1.29, 1.82) is 0 Å². The Hall–Kier alpha value is -1.81. The molecule has 1 aromatic carbocycles. The number of nitrogens with zero attached hydrogens (tertiary/aromatic N) is 2. The van der Waals surface area contributed by atoms with Gasteiger partial charge in [-0.25, -0.2) is 0 Å². The van der Waals surface area contributed by atoms with Crippen LogP contribution in [0.4, 0.5) is 11.4 Å². The van der Waals surface area contributed by atoms with E-state index in [9.17, 15) is 0 Å². The normalized spacial score (nSPS) is 15.1. The van der Waals surface area contributed by atoms with Crippen LogP contribution in [0.3, 0.4) is 0 Å². The highest BCUT2D eigenvalue weighted by molar-refractivity contribution is 5.98. The molecule has 0 spiro atoms. The largest absolute Gasteiger partial charge is 0.398 e. The summed E-state index contributed by atoms with van der Waals surface area (Å²) in [5, 5.41) is 4.49. The monoisotopic (exact) mass is 256 g/mol. The zero-order chi connectivity index (χ0) is 13.2. The zero-order valence-electron chi connectivity index (χ0n) is 11.3. The molecule has 0 bridgehead atoms. The van der Waals surface area contributed by atoms with E-state index in [1.165, 1.54) is 12.8 Å². The first-order valence-electron chi connectivity index (χ1n) is 6.83. The van der Waals surface area contributed by atoms with Gasteiger partial charge in [0.2, 0.25) is 0 Å². The van der Waals surface area contributed by atoms with Gasteiger partial charge in [-0.05, 0) is 44.2 Å². The summed E-state index contributed by atoms with van der Waals surface area (Å²) < 4.78 is 0. The van der Waals surface area contributed by atoms with Crippen molar-refractivity contribution in [2.45, 2.75) is 18.9 Å². The highest BCUT2D eigenvalue weighted by Crippen LogP contribution is 2.27. The molecule has 0 saturated heterocycles. The maximum atomic E-state index is 5.97. The third-order valence-electron chi connectivity index (χ3n) is 3.75. The zero-order valence-corrected chi connectivity index (χ0v) is 11.3. The standard InChI is InChI=1S/C15H20N4/c1-19(11-4-5-11)10-9-17-14-7-6-13(16)12-3-2-8-18-15(12)14/h2-3,6-8,11,17H,4-5,9-10,16H2,1H3. The molecule has 1 aliphatic rings. The van der Waals surface area contributed by atoms with Gasteiger partial charge in [0.25, 0.3) is 0 Å². The third kappa shape index (κ3) is 2.63. The summed E-state index contributed by atoms with van der Waals surface area (Å²) in [5.41, 5.74) is 8.77. The van der Waals surface area contributed by atoms with Gasteiger partial charge in [-0.2, -0.15) is 0 Å². The third-order valence-corrected chi connectivity index (χ3v) is 3.75. The molecule has 0 unspecified atom stereocenters. The van der Waals surface area contributed by atoms with Crippen LogP contribution in [0, 0.1) is 0 Å². The Kier molecular flexibility index (Phi) is 3.25. The number of nitrogens with one attached hydrogen (secondary N) is 1. The lowest BCUT2D eigenvalue weighted by atomic mass is 10.1. The number of nitrogens with two attached hydrogens (primary N) is 1. The van der Waals surface area contributed by atoms with Crippen LogP contribution in [0.5, 0.6) is 0 Å². The minimum Gasteiger partial charge on any atom is -0.398 e. The van der Waals surface area contributed by atoms with Crippen LogP contribution in [-0.2, 0) is 0 Å². The van der Waals surface area contributed by atoms with E-state index in [1.54, 1.807) is 0 Å². The molecule has 1 saturated carbocycles. The number of pyridine rings is 1. The van der Waals surface area contributed by atoms with Crippen LogP contribution in [0.15, 0.2) is 30.5 Å². The predicted molar refractivity (Wildman–Crippen MR) is 80.3 cm³/mol. The average Bonchev–Trinajstić information content (AvgIpc) is 3.26. The Morgan fingerprint density at radius 2 is 2.21 bits per heavy atom. The van der Waals surface area contributed by atoms with Gasteiger partial charge in [0.05, 0.1) is 11.2 Å². The van der Waals surface area contributed by atoms with Gasteiger partial charge in [0, 0.05) is 36.4 Å². The molecular formula is C15H20N4. The molecule has 3 rings (SSSR count). The molecule has 1 aromatic heterocycles. The molecule has 1 heterocycles. The lowest BCUT2D eigenvalue weighted by Crippen LogP contribution is -2.27. The molecule has 0 amide bonds. The first kappa shape index (κ1) is 12.2. The van der Waals surface area contributed by atoms with Gasteiger partial charge in [-0.15, -0.1) is 0 Å². The van der Waals surface area contributed by atoms with E-state index < -0.39 is 0 Å². The molecule has 1 fully saturated rings. The lowest BCUT2D eigenvalue weighted by Gasteiger charge is -2.17. The summed E-state index contributed by atoms with van der Waals surface area (Å²) in [6, 6.07) is 8.70. The van der Waals surface area contributed by atoms with Gasteiger partial charge in [0.1, 0.15) is 0 Å². The summed E-state index contributed by atoms with van der Waals surface area (Å²) in [6.07, 6.45) is 4.51. The van der Waals surface area contributed by atoms with Crippen molar-refractivity contribution in [2.75, 3.05) is 31.2 Å². The summed E-state index contributed by atoms with van der Waals surface area (Å²) in [6.45, 7) is 1.99. The molecule has 0 atom stereocenters. The van der Waals surface area contributed by atoms with Crippen molar-refractivity contribution < 1.29 is 0 Å². The summed E-state index contributed by atoms with van der Waals surface area (Å²) in [4.78, 5) is 6.85. The van der Waals surface area contributed by atoms with Crippen LogP contribution in [0.2, 0.25) is 0 Å². The van der Waals surface area contributed by atoms with Crippen molar-refractivity contribution in [3.8, 4) is 0 Å². The molecular weight excluding hydrogens is 236 g/mol. The quantitative estimate of drug-likeness (QED) is 0.806. The molecule has 3 N–H and O–H groups in total. The van der Waals surface area contributed by atoms with Gasteiger partial charge < -0.3 is 16.0 Å². The lowest BCUT2D eigenvalue weighted by molar-refractivity contribution is 0.337. The van der Waals surface area contributed by atoms with E-state index in [1.807, 2.05) is 30.5 Å². The molecule has 4 heteroatoms. The maximum absolute atomic E-state index is 5.97. The fourth-order valence-corrected chi connectivity index (χ4v) is 2.40. The fraction of sp³-hybridized carbons (Fsp3) is 0.400. The van der Waals surface area contributed by atoms with Crippen LogP contribution < -0.4 is 11.1 Å². The molecule has 0 aliphatic heterocycles. The maximum Gasteiger partial charge on any atom is 0.0953 e. The number of benzene rings is 1. The minimum absolute atomic E-state index is 0.781. The average molecular weight is 256 g/mol. The Balaban J connectivity index is 1.72. The molecule has 1 aliphatic carbocycles. The molecule has 2 aromatic rings. The molecule has 100 valence electrons. The second-order valence-corrected chi connectivity index (χ2v) is 5.24. The Bertz CT molecular complexity index is 577. The fourth-order valence-electron chi connectivity index (χ4n) is 2.40.